The molecule has 0 N–H and O–H groups in total. The Balaban J connectivity index is 1.76. The Morgan fingerprint density at radius 3 is 3.11 bits per heavy atom. The number of likely N-dealkylation sites (tertiary alicyclic amines) is 1. The summed E-state index contributed by atoms with van der Waals surface area (Å²) in [4.78, 5) is 13.8. The summed E-state index contributed by atoms with van der Waals surface area (Å²) in [5, 5.41) is 3.73. The lowest BCUT2D eigenvalue weighted by Crippen LogP contribution is -2.30. The Kier molecular flexibility index (Phi) is 4.93. The summed E-state index contributed by atoms with van der Waals surface area (Å²) in [5.74, 6) is 0.184. The first kappa shape index (κ1) is 14.0. The fourth-order valence-corrected chi connectivity index (χ4v) is 2.09. The Bertz CT molecular complexity index is 419. The summed E-state index contributed by atoms with van der Waals surface area (Å²) in [6.07, 6.45) is 0.943. The maximum absolute atomic E-state index is 12.1. The average Bonchev–Trinajstić information content (AvgIpc) is 3.03. The van der Waals surface area contributed by atoms with Gasteiger partial charge in [-0.2, -0.15) is 0 Å². The van der Waals surface area contributed by atoms with E-state index in [0.29, 0.717) is 44.4 Å². The maximum atomic E-state index is 12.1. The van der Waals surface area contributed by atoms with Crippen molar-refractivity contribution in [3.63, 3.8) is 0 Å². The minimum absolute atomic E-state index is 0.0911. The molecule has 6 nitrogen and oxygen atoms in total. The van der Waals surface area contributed by atoms with Crippen molar-refractivity contribution < 1.29 is 18.8 Å². The molecule has 2 heterocycles. The number of rotatable bonds is 6. The number of hydrogen-bond acceptors (Lipinski definition) is 5. The molecule has 2 rings (SSSR count). The second-order valence-electron chi connectivity index (χ2n) is 4.56. The first-order valence-electron chi connectivity index (χ1n) is 6.62. The van der Waals surface area contributed by atoms with E-state index in [1.165, 1.54) is 0 Å². The largest absolute Gasteiger partial charge is 0.379 e. The SMILES string of the molecule is CCOCCO[C@H]1CCN(C(=O)c2cc(C)no2)C1. The predicted molar refractivity (Wildman–Crippen MR) is 68.0 cm³/mol. The molecule has 1 aliphatic rings. The molecular formula is C13H20N2O4. The van der Waals surface area contributed by atoms with Gasteiger partial charge in [-0.1, -0.05) is 5.16 Å². The van der Waals surface area contributed by atoms with Crippen LogP contribution in [0.3, 0.4) is 0 Å². The van der Waals surface area contributed by atoms with Crippen molar-refractivity contribution in [3.05, 3.63) is 17.5 Å². The highest BCUT2D eigenvalue weighted by Crippen LogP contribution is 2.16. The highest BCUT2D eigenvalue weighted by atomic mass is 16.5. The summed E-state index contributed by atoms with van der Waals surface area (Å²) in [6, 6.07) is 1.66. The number of aryl methyl sites for hydroxylation is 1. The standard InChI is InChI=1S/C13H20N2O4/c1-3-17-6-7-18-11-4-5-15(9-11)13(16)12-8-10(2)14-19-12/h8,11H,3-7,9H2,1-2H3/t11-/m0/s1. The number of ether oxygens (including phenoxy) is 2. The summed E-state index contributed by atoms with van der Waals surface area (Å²) in [7, 11) is 0. The van der Waals surface area contributed by atoms with Crippen LogP contribution in [-0.4, -0.2) is 55.0 Å². The van der Waals surface area contributed by atoms with E-state index < -0.39 is 0 Å². The van der Waals surface area contributed by atoms with Crippen LogP contribution in [0.2, 0.25) is 0 Å². The molecule has 19 heavy (non-hydrogen) atoms. The molecule has 0 aliphatic carbocycles. The van der Waals surface area contributed by atoms with Crippen LogP contribution in [0.15, 0.2) is 10.6 Å². The van der Waals surface area contributed by atoms with Gasteiger partial charge in [0.1, 0.15) is 0 Å². The molecule has 1 aromatic rings. The van der Waals surface area contributed by atoms with Gasteiger partial charge in [0.05, 0.1) is 25.0 Å². The number of aromatic nitrogens is 1. The molecule has 0 aromatic carbocycles. The Labute approximate surface area is 112 Å². The molecule has 1 aromatic heterocycles. The van der Waals surface area contributed by atoms with Gasteiger partial charge in [-0.05, 0) is 20.3 Å². The fraction of sp³-hybridized carbons (Fsp3) is 0.692. The zero-order chi connectivity index (χ0) is 13.7. The van der Waals surface area contributed by atoms with Crippen molar-refractivity contribution in [2.45, 2.75) is 26.4 Å². The van der Waals surface area contributed by atoms with E-state index in [0.717, 1.165) is 6.42 Å². The minimum Gasteiger partial charge on any atom is -0.379 e. The molecule has 1 amide bonds. The van der Waals surface area contributed by atoms with Crippen LogP contribution in [0.4, 0.5) is 0 Å². The van der Waals surface area contributed by atoms with Gasteiger partial charge in [-0.25, -0.2) is 0 Å². The van der Waals surface area contributed by atoms with Gasteiger partial charge in [-0.3, -0.25) is 4.79 Å². The molecule has 0 spiro atoms. The zero-order valence-electron chi connectivity index (χ0n) is 11.4. The van der Waals surface area contributed by atoms with E-state index in [2.05, 4.69) is 5.16 Å². The van der Waals surface area contributed by atoms with Gasteiger partial charge in [0.25, 0.3) is 5.91 Å². The van der Waals surface area contributed by atoms with E-state index in [1.807, 2.05) is 6.92 Å². The van der Waals surface area contributed by atoms with E-state index in [4.69, 9.17) is 14.0 Å². The lowest BCUT2D eigenvalue weighted by Gasteiger charge is -2.15. The van der Waals surface area contributed by atoms with Crippen LogP contribution < -0.4 is 0 Å². The predicted octanol–water partition coefficient (Wildman–Crippen LogP) is 1.25. The van der Waals surface area contributed by atoms with Crippen LogP contribution in [0.1, 0.15) is 29.6 Å². The van der Waals surface area contributed by atoms with Crippen molar-refractivity contribution in [1.82, 2.24) is 10.1 Å². The van der Waals surface area contributed by atoms with Crippen molar-refractivity contribution >= 4 is 5.91 Å². The molecule has 1 saturated heterocycles. The normalized spacial score (nSPS) is 19.1. The van der Waals surface area contributed by atoms with Crippen molar-refractivity contribution in [2.75, 3.05) is 32.9 Å². The lowest BCUT2D eigenvalue weighted by molar-refractivity contribution is 0.0118. The lowest BCUT2D eigenvalue weighted by atomic mass is 10.3. The molecule has 0 saturated carbocycles. The zero-order valence-corrected chi connectivity index (χ0v) is 11.4. The molecule has 0 unspecified atom stereocenters. The van der Waals surface area contributed by atoms with Gasteiger partial charge in [0.15, 0.2) is 0 Å². The average molecular weight is 268 g/mol. The summed E-state index contributed by atoms with van der Waals surface area (Å²) in [5.41, 5.74) is 0.715. The molecule has 106 valence electrons. The monoisotopic (exact) mass is 268 g/mol. The highest BCUT2D eigenvalue weighted by molar-refractivity contribution is 5.91. The number of carbonyl (C=O) groups excluding carboxylic acids is 1. The van der Waals surface area contributed by atoms with E-state index >= 15 is 0 Å². The first-order valence-corrected chi connectivity index (χ1v) is 6.62. The molecule has 6 heteroatoms. The van der Waals surface area contributed by atoms with Gasteiger partial charge in [0.2, 0.25) is 5.76 Å². The number of nitrogens with zero attached hydrogens (tertiary/aromatic N) is 2. The third-order valence-electron chi connectivity index (χ3n) is 3.06. The topological polar surface area (TPSA) is 64.8 Å². The smallest absolute Gasteiger partial charge is 0.292 e. The highest BCUT2D eigenvalue weighted by Gasteiger charge is 2.29. The van der Waals surface area contributed by atoms with Gasteiger partial charge >= 0.3 is 0 Å². The molecular weight excluding hydrogens is 248 g/mol. The van der Waals surface area contributed by atoms with Crippen molar-refractivity contribution in [2.24, 2.45) is 0 Å². The second kappa shape index (κ2) is 6.68. The van der Waals surface area contributed by atoms with Gasteiger partial charge < -0.3 is 18.9 Å². The minimum atomic E-state index is -0.114. The third-order valence-corrected chi connectivity index (χ3v) is 3.06. The number of carbonyl (C=O) groups is 1. The summed E-state index contributed by atoms with van der Waals surface area (Å²) in [6.45, 7) is 6.91. The number of amides is 1. The summed E-state index contributed by atoms with van der Waals surface area (Å²) < 4.78 is 15.9. The second-order valence-corrected chi connectivity index (χ2v) is 4.56. The molecule has 0 radical (unpaired) electrons. The third kappa shape index (κ3) is 3.78. The Morgan fingerprint density at radius 1 is 1.58 bits per heavy atom. The number of hydrogen-bond donors (Lipinski definition) is 0. The van der Waals surface area contributed by atoms with Crippen LogP contribution >= 0.6 is 0 Å². The molecule has 1 aliphatic heterocycles. The van der Waals surface area contributed by atoms with Crippen LogP contribution in [0.25, 0.3) is 0 Å². The van der Waals surface area contributed by atoms with Gasteiger partial charge in [0, 0.05) is 25.8 Å². The Hall–Kier alpha value is -1.40. The quantitative estimate of drug-likeness (QED) is 0.726. The molecule has 1 atom stereocenters. The van der Waals surface area contributed by atoms with E-state index in [-0.39, 0.29) is 12.0 Å². The van der Waals surface area contributed by atoms with Crippen LogP contribution in [0.5, 0.6) is 0 Å². The Morgan fingerprint density at radius 2 is 2.42 bits per heavy atom. The van der Waals surface area contributed by atoms with E-state index in [9.17, 15) is 4.79 Å². The molecule has 0 bridgehead atoms. The fourth-order valence-electron chi connectivity index (χ4n) is 2.09. The van der Waals surface area contributed by atoms with Gasteiger partial charge in [-0.15, -0.1) is 0 Å². The van der Waals surface area contributed by atoms with Crippen LogP contribution in [-0.2, 0) is 9.47 Å². The van der Waals surface area contributed by atoms with Crippen LogP contribution in [0, 0.1) is 6.92 Å². The first-order chi connectivity index (χ1) is 9.20. The summed E-state index contributed by atoms with van der Waals surface area (Å²) >= 11 is 0. The molecule has 1 fully saturated rings. The maximum Gasteiger partial charge on any atom is 0.292 e. The van der Waals surface area contributed by atoms with Crippen molar-refractivity contribution in [3.8, 4) is 0 Å². The van der Waals surface area contributed by atoms with Crippen molar-refractivity contribution in [1.29, 1.82) is 0 Å². The van der Waals surface area contributed by atoms with E-state index in [1.54, 1.807) is 17.9 Å².